The van der Waals surface area contributed by atoms with Crippen molar-refractivity contribution in [3.8, 4) is 0 Å². The number of benzene rings is 2. The van der Waals surface area contributed by atoms with E-state index in [0.717, 1.165) is 11.0 Å². The van der Waals surface area contributed by atoms with Crippen LogP contribution in [0.4, 0.5) is 14.5 Å². The zero-order valence-corrected chi connectivity index (χ0v) is 14.7. The van der Waals surface area contributed by atoms with Gasteiger partial charge in [0.15, 0.2) is 0 Å². The Morgan fingerprint density at radius 1 is 1.07 bits per heavy atom. The predicted octanol–water partition coefficient (Wildman–Crippen LogP) is 3.32. The van der Waals surface area contributed by atoms with Gasteiger partial charge < -0.3 is 5.32 Å². The van der Waals surface area contributed by atoms with Crippen molar-refractivity contribution in [2.75, 3.05) is 5.32 Å². The first-order valence-corrected chi connectivity index (χ1v) is 9.15. The zero-order valence-electron chi connectivity index (χ0n) is 13.7. The maximum Gasteiger partial charge on any atom is 0.272 e. The summed E-state index contributed by atoms with van der Waals surface area (Å²) in [5.41, 5.74) is 2.23. The summed E-state index contributed by atoms with van der Waals surface area (Å²) < 4.78 is 31.7. The fraction of sp³-hybridized carbons (Fsp3) is 0.111. The lowest BCUT2D eigenvalue weighted by Crippen LogP contribution is -2.28. The lowest BCUT2D eigenvalue weighted by atomic mass is 9.84. The van der Waals surface area contributed by atoms with E-state index in [9.17, 15) is 13.6 Å². The lowest BCUT2D eigenvalue weighted by molar-refractivity contribution is 0.611. The number of nitrogens with zero attached hydrogens (tertiary/aromatic N) is 3. The molecular weight excluding hydrogens is 371 g/mol. The highest BCUT2D eigenvalue weighted by Gasteiger charge is 2.36. The molecule has 4 aromatic rings. The van der Waals surface area contributed by atoms with Crippen LogP contribution in [-0.2, 0) is 0 Å². The molecule has 5 rings (SSSR count). The number of anilines is 1. The smallest absolute Gasteiger partial charge is 0.272 e. The van der Waals surface area contributed by atoms with Gasteiger partial charge in [0.2, 0.25) is 0 Å². The maximum atomic E-state index is 14.1. The molecule has 2 N–H and O–H groups in total. The van der Waals surface area contributed by atoms with Crippen molar-refractivity contribution in [3.63, 3.8) is 0 Å². The van der Waals surface area contributed by atoms with Crippen molar-refractivity contribution in [2.24, 2.45) is 0 Å². The molecule has 2 unspecified atom stereocenters. The summed E-state index contributed by atoms with van der Waals surface area (Å²) >= 11 is 0. The molecule has 0 saturated heterocycles. The minimum atomic E-state index is -0.521. The highest BCUT2D eigenvalue weighted by molar-refractivity contribution is 7.26. The summed E-state index contributed by atoms with van der Waals surface area (Å²) in [5, 5.41) is 10.9. The number of aromatic amines is 1. The number of H-pyrrole nitrogens is 1. The summed E-state index contributed by atoms with van der Waals surface area (Å²) in [7, 11) is 0.136. The highest BCUT2D eigenvalue weighted by atomic mass is 31.0. The maximum absolute atomic E-state index is 14.1. The standard InChI is InChI=1S/C18H12F2N5OP/c19-9-3-1-8(2-4-9)15-14(18-21-7-22-27-18)16-13-11(17(26)25-24-16)5-10(20)6-12(13)23-15/h1-7,14-15,23,27H,(H,25,26)/t14?,15-/m1/s1. The number of hydrogen-bond acceptors (Lipinski definition) is 5. The molecule has 1 aliphatic rings. The van der Waals surface area contributed by atoms with Gasteiger partial charge in [0, 0.05) is 11.1 Å². The van der Waals surface area contributed by atoms with Gasteiger partial charge in [0.25, 0.3) is 5.56 Å². The van der Waals surface area contributed by atoms with Crippen LogP contribution >= 0.6 is 8.35 Å². The molecule has 1 aliphatic heterocycles. The van der Waals surface area contributed by atoms with Gasteiger partial charge >= 0.3 is 0 Å². The largest absolute Gasteiger partial charge is 0.376 e. The average molecular weight is 383 g/mol. The third-order valence-corrected chi connectivity index (χ3v) is 5.69. The molecule has 0 bridgehead atoms. The van der Waals surface area contributed by atoms with Gasteiger partial charge in [-0.2, -0.15) is 5.10 Å². The fourth-order valence-electron chi connectivity index (χ4n) is 3.63. The van der Waals surface area contributed by atoms with Crippen LogP contribution in [-0.4, -0.2) is 19.9 Å². The van der Waals surface area contributed by atoms with Crippen LogP contribution in [0.1, 0.15) is 28.6 Å². The number of aromatic nitrogens is 4. The van der Waals surface area contributed by atoms with E-state index >= 15 is 0 Å². The van der Waals surface area contributed by atoms with Crippen molar-refractivity contribution >= 4 is 24.8 Å². The van der Waals surface area contributed by atoms with Crippen LogP contribution < -0.4 is 10.9 Å². The highest BCUT2D eigenvalue weighted by Crippen LogP contribution is 2.47. The van der Waals surface area contributed by atoms with Gasteiger partial charge in [-0.3, -0.25) is 4.79 Å². The number of nitrogens with one attached hydrogen (secondary N) is 2. The molecule has 0 spiro atoms. The summed E-state index contributed by atoms with van der Waals surface area (Å²) in [6.07, 6.45) is 1.50. The molecule has 3 heterocycles. The van der Waals surface area contributed by atoms with Crippen LogP contribution in [0.15, 0.2) is 47.5 Å². The second kappa shape index (κ2) is 5.96. The Bertz CT molecular complexity index is 1210. The third-order valence-electron chi connectivity index (χ3n) is 4.78. The first-order chi connectivity index (χ1) is 13.1. The van der Waals surface area contributed by atoms with E-state index in [4.69, 9.17) is 0 Å². The summed E-state index contributed by atoms with van der Waals surface area (Å²) in [4.78, 5) is 16.6. The second-order valence-electron chi connectivity index (χ2n) is 6.34. The Labute approximate surface area is 152 Å². The first-order valence-electron chi connectivity index (χ1n) is 8.21. The topological polar surface area (TPSA) is 83.6 Å². The average Bonchev–Trinajstić information content (AvgIpc) is 3.18. The number of hydrogen-bond donors (Lipinski definition) is 2. The monoisotopic (exact) mass is 383 g/mol. The van der Waals surface area contributed by atoms with E-state index in [1.54, 1.807) is 12.1 Å². The molecular formula is C18H12F2N5OP. The van der Waals surface area contributed by atoms with E-state index in [1.807, 2.05) is 0 Å². The van der Waals surface area contributed by atoms with Crippen molar-refractivity contribution in [1.29, 1.82) is 0 Å². The Morgan fingerprint density at radius 3 is 2.63 bits per heavy atom. The summed E-state index contributed by atoms with van der Waals surface area (Å²) in [5.74, 6) is -1.19. The molecule has 2 aromatic heterocycles. The van der Waals surface area contributed by atoms with E-state index < -0.39 is 11.4 Å². The Balaban J connectivity index is 1.81. The number of rotatable bonds is 2. The Kier molecular flexibility index (Phi) is 3.55. The van der Waals surface area contributed by atoms with Crippen LogP contribution in [0.25, 0.3) is 10.8 Å². The van der Waals surface area contributed by atoms with E-state index in [1.165, 1.54) is 30.6 Å². The quantitative estimate of drug-likeness (QED) is 0.555. The SMILES string of the molecule is O=c1[nH]nc2c3c(cc(F)cc13)N[C@H](c1ccc(F)cc1)C2c1ncn[pH]1. The lowest BCUT2D eigenvalue weighted by Gasteiger charge is -2.33. The summed E-state index contributed by atoms with van der Waals surface area (Å²) in [6.45, 7) is 0. The second-order valence-corrected chi connectivity index (χ2v) is 7.33. The van der Waals surface area contributed by atoms with Gasteiger partial charge in [-0.25, -0.2) is 23.6 Å². The predicted molar refractivity (Wildman–Crippen MR) is 98.5 cm³/mol. The van der Waals surface area contributed by atoms with Crippen molar-refractivity contribution in [2.45, 2.75) is 12.0 Å². The summed E-state index contributed by atoms with van der Waals surface area (Å²) in [6, 6.07) is 8.29. The normalized spacial score (nSPS) is 18.7. The third kappa shape index (κ3) is 2.52. The molecule has 0 saturated carbocycles. The van der Waals surface area contributed by atoms with Gasteiger partial charge in [-0.1, -0.05) is 12.1 Å². The van der Waals surface area contributed by atoms with Crippen molar-refractivity contribution in [1.82, 2.24) is 19.9 Å². The van der Waals surface area contributed by atoms with Crippen molar-refractivity contribution in [3.05, 3.63) is 81.4 Å². The van der Waals surface area contributed by atoms with E-state index in [0.29, 0.717) is 16.8 Å². The molecule has 9 heteroatoms. The number of halogens is 2. The molecule has 0 amide bonds. The minimum absolute atomic E-state index is 0.136. The van der Waals surface area contributed by atoms with Crippen molar-refractivity contribution < 1.29 is 8.78 Å². The molecule has 2 aromatic carbocycles. The molecule has 134 valence electrons. The molecule has 0 aliphatic carbocycles. The van der Waals surface area contributed by atoms with Crippen LogP contribution in [0.3, 0.4) is 0 Å². The van der Waals surface area contributed by atoms with Gasteiger partial charge in [-0.05, 0) is 38.2 Å². The van der Waals surface area contributed by atoms with Gasteiger partial charge in [0.05, 0.1) is 28.5 Å². The molecule has 27 heavy (non-hydrogen) atoms. The molecule has 6 nitrogen and oxygen atoms in total. The fourth-order valence-corrected chi connectivity index (χ4v) is 4.44. The van der Waals surface area contributed by atoms with Gasteiger partial charge in [-0.15, -0.1) is 0 Å². The Morgan fingerprint density at radius 2 is 1.89 bits per heavy atom. The molecule has 3 atom stereocenters. The van der Waals surface area contributed by atoms with Crippen LogP contribution in [0.2, 0.25) is 0 Å². The van der Waals surface area contributed by atoms with Gasteiger partial charge in [0.1, 0.15) is 18.0 Å². The van der Waals surface area contributed by atoms with Crippen LogP contribution in [0, 0.1) is 11.6 Å². The van der Waals surface area contributed by atoms with Crippen LogP contribution in [0.5, 0.6) is 0 Å². The minimum Gasteiger partial charge on any atom is -0.376 e. The molecule has 0 fully saturated rings. The zero-order chi connectivity index (χ0) is 18.5. The van der Waals surface area contributed by atoms with E-state index in [-0.39, 0.29) is 31.5 Å². The molecule has 0 radical (unpaired) electrons. The van der Waals surface area contributed by atoms with E-state index in [2.05, 4.69) is 25.2 Å². The first kappa shape index (κ1) is 16.1. The Hall–Kier alpha value is -3.12.